The molecule has 0 aliphatic heterocycles. The van der Waals surface area contributed by atoms with Crippen LogP contribution in [-0.4, -0.2) is 18.1 Å². The minimum absolute atomic E-state index is 0.0866. The van der Waals surface area contributed by atoms with Crippen molar-refractivity contribution in [1.82, 2.24) is 4.98 Å². The Labute approximate surface area is 141 Å². The van der Waals surface area contributed by atoms with E-state index in [1.165, 1.54) is 30.6 Å². The maximum absolute atomic E-state index is 12.3. The minimum atomic E-state index is -0.539. The van der Waals surface area contributed by atoms with E-state index in [2.05, 4.69) is 4.98 Å². The first-order valence-corrected chi connectivity index (χ1v) is 7.92. The maximum atomic E-state index is 12.3. The number of para-hydroxylation sites is 1. The highest BCUT2D eigenvalue weighted by atomic mass is 35.5. The van der Waals surface area contributed by atoms with Crippen LogP contribution in [0.25, 0.3) is 10.2 Å². The van der Waals surface area contributed by atoms with Crippen molar-refractivity contribution in [3.05, 3.63) is 52.0 Å². The summed E-state index contributed by atoms with van der Waals surface area (Å²) in [5.41, 5.74) is 7.16. The third-order valence-corrected chi connectivity index (χ3v) is 4.54. The number of rotatable bonds is 4. The van der Waals surface area contributed by atoms with Crippen LogP contribution in [0.15, 0.2) is 36.4 Å². The molecular weight excluding hydrogens is 336 g/mol. The summed E-state index contributed by atoms with van der Waals surface area (Å²) in [6, 6.07) is 10.7. The molecule has 118 valence electrons. The van der Waals surface area contributed by atoms with Crippen LogP contribution in [0.5, 0.6) is 5.75 Å². The first kappa shape index (κ1) is 15.6. The van der Waals surface area contributed by atoms with Crippen molar-refractivity contribution in [3.63, 3.8) is 0 Å². The Kier molecular flexibility index (Phi) is 4.36. The molecule has 1 aromatic heterocycles. The summed E-state index contributed by atoms with van der Waals surface area (Å²) in [7, 11) is 1.45. The molecule has 0 aliphatic rings. The number of fused-ring (bicyclic) bond motifs is 1. The molecule has 0 amide bonds. The number of carbonyl (C=O) groups is 1. The van der Waals surface area contributed by atoms with Crippen LogP contribution >= 0.6 is 22.9 Å². The highest BCUT2D eigenvalue weighted by molar-refractivity contribution is 7.18. The Morgan fingerprint density at radius 3 is 2.87 bits per heavy atom. The van der Waals surface area contributed by atoms with E-state index in [1.807, 2.05) is 24.3 Å². The molecule has 0 unspecified atom stereocenters. The van der Waals surface area contributed by atoms with Gasteiger partial charge < -0.3 is 15.2 Å². The Bertz CT molecular complexity index is 846. The summed E-state index contributed by atoms with van der Waals surface area (Å²) in [6.07, 6.45) is 0. The fourth-order valence-corrected chi connectivity index (χ4v) is 3.13. The van der Waals surface area contributed by atoms with Gasteiger partial charge in [-0.1, -0.05) is 23.7 Å². The van der Waals surface area contributed by atoms with E-state index in [9.17, 15) is 4.79 Å². The van der Waals surface area contributed by atoms with Crippen molar-refractivity contribution in [2.24, 2.45) is 0 Å². The number of nitrogen functional groups attached to an aromatic ring is 1. The van der Waals surface area contributed by atoms with E-state index >= 15 is 0 Å². The smallest absolute Gasteiger partial charge is 0.342 e. The van der Waals surface area contributed by atoms with Gasteiger partial charge in [0.1, 0.15) is 22.9 Å². The average Bonchev–Trinajstić information content (AvgIpc) is 2.97. The second-order valence-electron chi connectivity index (χ2n) is 4.73. The predicted molar refractivity (Wildman–Crippen MR) is 91.2 cm³/mol. The van der Waals surface area contributed by atoms with E-state index < -0.39 is 5.97 Å². The van der Waals surface area contributed by atoms with E-state index in [0.29, 0.717) is 11.4 Å². The van der Waals surface area contributed by atoms with Gasteiger partial charge in [0, 0.05) is 6.07 Å². The standard InChI is InChI=1S/C16H13ClN2O3S/c1-21-13-7-11(18)10(17)6-9(13)16(20)22-8-15-19-12-4-2-3-5-14(12)23-15/h2-7H,8,18H2,1H3. The topological polar surface area (TPSA) is 74.4 Å². The second-order valence-corrected chi connectivity index (χ2v) is 6.25. The van der Waals surface area contributed by atoms with E-state index in [0.717, 1.165) is 15.2 Å². The highest BCUT2D eigenvalue weighted by Gasteiger charge is 2.17. The average molecular weight is 349 g/mol. The second kappa shape index (κ2) is 6.44. The van der Waals surface area contributed by atoms with Crippen molar-refractivity contribution in [3.8, 4) is 5.75 Å². The maximum Gasteiger partial charge on any atom is 0.342 e. The first-order valence-electron chi connectivity index (χ1n) is 6.73. The number of nitrogens with zero attached hydrogens (tertiary/aromatic N) is 1. The van der Waals surface area contributed by atoms with Gasteiger partial charge in [-0.05, 0) is 18.2 Å². The van der Waals surface area contributed by atoms with E-state index in [-0.39, 0.29) is 17.2 Å². The molecular formula is C16H13ClN2O3S. The molecule has 23 heavy (non-hydrogen) atoms. The number of thiazole rings is 1. The van der Waals surface area contributed by atoms with E-state index in [4.69, 9.17) is 26.8 Å². The molecule has 7 heteroatoms. The monoisotopic (exact) mass is 348 g/mol. The predicted octanol–water partition coefficient (Wildman–Crippen LogP) is 3.90. The summed E-state index contributed by atoms with van der Waals surface area (Å²) in [5, 5.41) is 0.998. The van der Waals surface area contributed by atoms with Gasteiger partial charge in [-0.15, -0.1) is 11.3 Å². The molecule has 0 fully saturated rings. The third-order valence-electron chi connectivity index (χ3n) is 3.20. The third kappa shape index (κ3) is 3.23. The lowest BCUT2D eigenvalue weighted by molar-refractivity contribution is 0.0469. The first-order chi connectivity index (χ1) is 11.1. The minimum Gasteiger partial charge on any atom is -0.496 e. The summed E-state index contributed by atoms with van der Waals surface area (Å²) < 4.78 is 11.5. The number of methoxy groups -OCH3 is 1. The van der Waals surface area contributed by atoms with Crippen molar-refractivity contribution in [2.75, 3.05) is 12.8 Å². The van der Waals surface area contributed by atoms with Gasteiger partial charge in [0.2, 0.25) is 0 Å². The van der Waals surface area contributed by atoms with Crippen LogP contribution in [0.2, 0.25) is 5.02 Å². The van der Waals surface area contributed by atoms with Gasteiger partial charge in [0.25, 0.3) is 0 Å². The zero-order valence-corrected chi connectivity index (χ0v) is 13.8. The van der Waals surface area contributed by atoms with Crippen molar-refractivity contribution >= 4 is 44.8 Å². The van der Waals surface area contributed by atoms with Crippen LogP contribution in [0, 0.1) is 0 Å². The molecule has 3 rings (SSSR count). The molecule has 0 bridgehead atoms. The number of anilines is 1. The van der Waals surface area contributed by atoms with Crippen LogP contribution < -0.4 is 10.5 Å². The lowest BCUT2D eigenvalue weighted by atomic mass is 10.2. The number of esters is 1. The van der Waals surface area contributed by atoms with Crippen molar-refractivity contribution in [1.29, 1.82) is 0 Å². The van der Waals surface area contributed by atoms with Gasteiger partial charge >= 0.3 is 5.97 Å². The molecule has 0 saturated carbocycles. The lowest BCUT2D eigenvalue weighted by Crippen LogP contribution is -2.08. The summed E-state index contributed by atoms with van der Waals surface area (Å²) in [6.45, 7) is 0.0866. The number of carbonyl (C=O) groups excluding carboxylic acids is 1. The van der Waals surface area contributed by atoms with Crippen LogP contribution in [0.4, 0.5) is 5.69 Å². The van der Waals surface area contributed by atoms with Crippen molar-refractivity contribution in [2.45, 2.75) is 6.61 Å². The molecule has 0 saturated heterocycles. The summed E-state index contributed by atoms with van der Waals surface area (Å²) in [5.74, 6) is -0.218. The van der Waals surface area contributed by atoms with Gasteiger partial charge in [-0.25, -0.2) is 9.78 Å². The zero-order chi connectivity index (χ0) is 16.4. The van der Waals surface area contributed by atoms with Gasteiger partial charge in [-0.3, -0.25) is 0 Å². The molecule has 2 N–H and O–H groups in total. The number of ether oxygens (including phenoxy) is 2. The molecule has 0 spiro atoms. The largest absolute Gasteiger partial charge is 0.496 e. The molecule has 2 aromatic carbocycles. The number of hydrogen-bond donors (Lipinski definition) is 1. The SMILES string of the molecule is COc1cc(N)c(Cl)cc1C(=O)OCc1nc2ccccc2s1. The quantitative estimate of drug-likeness (QED) is 0.571. The Balaban J connectivity index is 1.78. The zero-order valence-electron chi connectivity index (χ0n) is 12.2. The molecule has 0 aliphatic carbocycles. The van der Waals surface area contributed by atoms with Gasteiger partial charge in [0.05, 0.1) is 28.0 Å². The number of benzene rings is 2. The molecule has 5 nitrogen and oxygen atoms in total. The summed E-state index contributed by atoms with van der Waals surface area (Å²) in [4.78, 5) is 16.7. The van der Waals surface area contributed by atoms with Crippen molar-refractivity contribution < 1.29 is 14.3 Å². The Hall–Kier alpha value is -2.31. The van der Waals surface area contributed by atoms with Crippen LogP contribution in [-0.2, 0) is 11.3 Å². The number of nitrogens with two attached hydrogens (primary N) is 1. The number of aromatic nitrogens is 1. The summed E-state index contributed by atoms with van der Waals surface area (Å²) >= 11 is 7.44. The normalized spacial score (nSPS) is 10.7. The fraction of sp³-hybridized carbons (Fsp3) is 0.125. The van der Waals surface area contributed by atoms with E-state index in [1.54, 1.807) is 0 Å². The van der Waals surface area contributed by atoms with Gasteiger partial charge in [0.15, 0.2) is 0 Å². The van der Waals surface area contributed by atoms with Crippen LogP contribution in [0.1, 0.15) is 15.4 Å². The van der Waals surface area contributed by atoms with Crippen LogP contribution in [0.3, 0.4) is 0 Å². The molecule has 0 atom stereocenters. The highest BCUT2D eigenvalue weighted by Crippen LogP contribution is 2.30. The Morgan fingerprint density at radius 2 is 2.13 bits per heavy atom. The number of hydrogen-bond acceptors (Lipinski definition) is 6. The number of halogens is 1. The fourth-order valence-electron chi connectivity index (χ4n) is 2.08. The Morgan fingerprint density at radius 1 is 1.35 bits per heavy atom. The molecule has 0 radical (unpaired) electrons. The molecule has 3 aromatic rings. The molecule has 1 heterocycles. The van der Waals surface area contributed by atoms with Gasteiger partial charge in [-0.2, -0.15) is 0 Å². The lowest BCUT2D eigenvalue weighted by Gasteiger charge is -2.10.